The van der Waals surface area contributed by atoms with Gasteiger partial charge in [0.25, 0.3) is 5.92 Å². The third kappa shape index (κ3) is 3.06. The molecule has 72 valence electrons. The zero-order chi connectivity index (χ0) is 9.90. The van der Waals surface area contributed by atoms with E-state index in [-0.39, 0.29) is 6.42 Å². The maximum atomic E-state index is 12.8. The molecule has 0 unspecified atom stereocenters. The van der Waals surface area contributed by atoms with Gasteiger partial charge in [-0.25, -0.2) is 8.78 Å². The van der Waals surface area contributed by atoms with E-state index in [2.05, 4.69) is 4.98 Å². The van der Waals surface area contributed by atoms with Crippen molar-refractivity contribution in [3.05, 3.63) is 29.6 Å². The summed E-state index contributed by atoms with van der Waals surface area (Å²) in [4.78, 5) is 3.92. The van der Waals surface area contributed by atoms with E-state index in [4.69, 9.17) is 5.73 Å². The van der Waals surface area contributed by atoms with Crippen molar-refractivity contribution in [3.8, 4) is 0 Å². The molecule has 1 heterocycles. The van der Waals surface area contributed by atoms with Crippen LogP contribution in [-0.2, 0) is 6.42 Å². The van der Waals surface area contributed by atoms with Crippen molar-refractivity contribution in [2.45, 2.75) is 19.3 Å². The molecule has 1 aromatic heterocycles. The lowest BCUT2D eigenvalue weighted by Gasteiger charge is -2.13. The normalized spacial score (nSPS) is 11.7. The minimum Gasteiger partial charge on any atom is -0.325 e. The molecule has 0 atom stereocenters. The van der Waals surface area contributed by atoms with Gasteiger partial charge in [0.1, 0.15) is 0 Å². The highest BCUT2D eigenvalue weighted by molar-refractivity contribution is 5.14. The number of halogens is 2. The number of nitrogens with two attached hydrogens (primary N) is 1. The van der Waals surface area contributed by atoms with Gasteiger partial charge in [0.15, 0.2) is 0 Å². The number of aromatic nitrogens is 1. The van der Waals surface area contributed by atoms with Crippen LogP contribution in [0.5, 0.6) is 0 Å². The molecule has 0 radical (unpaired) electrons. The molecule has 0 saturated carbocycles. The Balaban J connectivity index is 2.69. The largest absolute Gasteiger partial charge is 0.325 e. The van der Waals surface area contributed by atoms with Gasteiger partial charge in [-0.05, 0) is 18.6 Å². The van der Waals surface area contributed by atoms with Gasteiger partial charge < -0.3 is 5.73 Å². The molecule has 0 aliphatic heterocycles. The second kappa shape index (κ2) is 3.79. The molecule has 0 aliphatic rings. The summed E-state index contributed by atoms with van der Waals surface area (Å²) in [6, 6.07) is 3.35. The molecular formula is C9H12F2N2. The first-order valence-electron chi connectivity index (χ1n) is 4.03. The molecule has 0 spiro atoms. The van der Waals surface area contributed by atoms with Crippen LogP contribution in [0.2, 0.25) is 0 Å². The molecule has 0 aromatic carbocycles. The predicted molar refractivity (Wildman–Crippen MR) is 46.7 cm³/mol. The van der Waals surface area contributed by atoms with E-state index >= 15 is 0 Å². The van der Waals surface area contributed by atoms with E-state index in [9.17, 15) is 8.78 Å². The topological polar surface area (TPSA) is 38.9 Å². The average molecular weight is 186 g/mol. The van der Waals surface area contributed by atoms with Crippen LogP contribution in [0.15, 0.2) is 18.3 Å². The number of rotatable bonds is 3. The number of alkyl halides is 2. The van der Waals surface area contributed by atoms with Crippen LogP contribution in [0.1, 0.15) is 11.3 Å². The minimum atomic E-state index is -2.82. The Kier molecular flexibility index (Phi) is 2.93. The minimum absolute atomic E-state index is 0.337. The number of aryl methyl sites for hydroxylation is 1. The van der Waals surface area contributed by atoms with E-state index in [1.165, 1.54) is 6.20 Å². The Bertz CT molecular complexity index is 269. The van der Waals surface area contributed by atoms with E-state index in [1.54, 1.807) is 12.1 Å². The van der Waals surface area contributed by atoms with Crippen LogP contribution < -0.4 is 5.73 Å². The van der Waals surface area contributed by atoms with Crippen molar-refractivity contribution in [1.29, 1.82) is 0 Å². The zero-order valence-corrected chi connectivity index (χ0v) is 7.43. The Hall–Kier alpha value is -1.03. The van der Waals surface area contributed by atoms with Gasteiger partial charge in [-0.1, -0.05) is 6.07 Å². The quantitative estimate of drug-likeness (QED) is 0.777. The van der Waals surface area contributed by atoms with E-state index in [0.717, 1.165) is 5.69 Å². The third-order valence-electron chi connectivity index (χ3n) is 1.73. The molecule has 1 aromatic rings. The second-order valence-corrected chi connectivity index (χ2v) is 3.04. The van der Waals surface area contributed by atoms with E-state index in [0.29, 0.717) is 5.56 Å². The summed E-state index contributed by atoms with van der Waals surface area (Å²) in [5.41, 5.74) is 6.25. The number of nitrogens with zero attached hydrogens (tertiary/aromatic N) is 1. The average Bonchev–Trinajstić information content (AvgIpc) is 2.09. The standard InChI is InChI=1S/C9H12F2N2/c1-7-2-3-8(5-13-7)4-9(10,11)6-12/h2-3,5H,4,6,12H2,1H3. The lowest BCUT2D eigenvalue weighted by Crippen LogP contribution is -2.30. The van der Waals surface area contributed by atoms with Gasteiger partial charge >= 0.3 is 0 Å². The van der Waals surface area contributed by atoms with Gasteiger partial charge in [-0.2, -0.15) is 0 Å². The van der Waals surface area contributed by atoms with Gasteiger partial charge in [-0.15, -0.1) is 0 Å². The predicted octanol–water partition coefficient (Wildman–Crippen LogP) is 1.53. The Morgan fingerprint density at radius 3 is 2.62 bits per heavy atom. The van der Waals surface area contributed by atoms with Crippen molar-refractivity contribution < 1.29 is 8.78 Å². The molecule has 4 heteroatoms. The summed E-state index contributed by atoms with van der Waals surface area (Å²) < 4.78 is 25.6. The maximum absolute atomic E-state index is 12.8. The number of hydrogen-bond acceptors (Lipinski definition) is 2. The summed E-state index contributed by atoms with van der Waals surface area (Å²) in [6.07, 6.45) is 1.12. The highest BCUT2D eigenvalue weighted by Gasteiger charge is 2.26. The number of hydrogen-bond donors (Lipinski definition) is 1. The fraction of sp³-hybridized carbons (Fsp3) is 0.444. The third-order valence-corrected chi connectivity index (χ3v) is 1.73. The summed E-state index contributed by atoms with van der Waals surface area (Å²) in [5.74, 6) is -2.82. The summed E-state index contributed by atoms with van der Waals surface area (Å²) in [7, 11) is 0. The summed E-state index contributed by atoms with van der Waals surface area (Å²) in [5, 5.41) is 0. The fourth-order valence-corrected chi connectivity index (χ4v) is 0.974. The van der Waals surface area contributed by atoms with Gasteiger partial charge in [0.2, 0.25) is 0 Å². The number of pyridine rings is 1. The van der Waals surface area contributed by atoms with Crippen LogP contribution >= 0.6 is 0 Å². The van der Waals surface area contributed by atoms with Crippen molar-refractivity contribution in [3.63, 3.8) is 0 Å². The highest BCUT2D eigenvalue weighted by atomic mass is 19.3. The van der Waals surface area contributed by atoms with Gasteiger partial charge in [0.05, 0.1) is 6.54 Å². The van der Waals surface area contributed by atoms with E-state index in [1.807, 2.05) is 6.92 Å². The Morgan fingerprint density at radius 1 is 1.46 bits per heavy atom. The molecule has 2 nitrogen and oxygen atoms in total. The first kappa shape index (κ1) is 10.1. The molecule has 2 N–H and O–H groups in total. The van der Waals surface area contributed by atoms with Crippen molar-refractivity contribution >= 4 is 0 Å². The molecular weight excluding hydrogens is 174 g/mol. The van der Waals surface area contributed by atoms with Crippen LogP contribution in [0, 0.1) is 6.92 Å². The van der Waals surface area contributed by atoms with E-state index < -0.39 is 12.5 Å². The van der Waals surface area contributed by atoms with Crippen molar-refractivity contribution in [1.82, 2.24) is 4.98 Å². The van der Waals surface area contributed by atoms with Gasteiger partial charge in [0, 0.05) is 18.3 Å². The second-order valence-electron chi connectivity index (χ2n) is 3.04. The SMILES string of the molecule is Cc1ccc(CC(F)(F)CN)cn1. The molecule has 0 bridgehead atoms. The smallest absolute Gasteiger partial charge is 0.264 e. The van der Waals surface area contributed by atoms with Crippen LogP contribution in [0.25, 0.3) is 0 Å². The summed E-state index contributed by atoms with van der Waals surface area (Å²) in [6.45, 7) is 1.19. The fourth-order valence-electron chi connectivity index (χ4n) is 0.974. The molecule has 1 rings (SSSR count). The maximum Gasteiger partial charge on any atom is 0.264 e. The Morgan fingerprint density at radius 2 is 2.15 bits per heavy atom. The van der Waals surface area contributed by atoms with Crippen LogP contribution in [0.4, 0.5) is 8.78 Å². The first-order chi connectivity index (χ1) is 6.03. The van der Waals surface area contributed by atoms with Crippen molar-refractivity contribution in [2.24, 2.45) is 5.73 Å². The zero-order valence-electron chi connectivity index (χ0n) is 7.43. The van der Waals surface area contributed by atoms with Crippen LogP contribution in [-0.4, -0.2) is 17.5 Å². The first-order valence-corrected chi connectivity index (χ1v) is 4.03. The molecule has 0 amide bonds. The van der Waals surface area contributed by atoms with Crippen molar-refractivity contribution in [2.75, 3.05) is 6.54 Å². The van der Waals surface area contributed by atoms with Gasteiger partial charge in [-0.3, -0.25) is 4.98 Å². The van der Waals surface area contributed by atoms with Crippen LogP contribution in [0.3, 0.4) is 0 Å². The Labute approximate surface area is 75.8 Å². The molecule has 0 saturated heterocycles. The monoisotopic (exact) mass is 186 g/mol. The summed E-state index contributed by atoms with van der Waals surface area (Å²) >= 11 is 0. The molecule has 0 aliphatic carbocycles. The lowest BCUT2D eigenvalue weighted by atomic mass is 10.1. The molecule has 13 heavy (non-hydrogen) atoms. The highest BCUT2D eigenvalue weighted by Crippen LogP contribution is 2.17. The lowest BCUT2D eigenvalue weighted by molar-refractivity contribution is 0.0114. The molecule has 0 fully saturated rings.